The molecule has 3 atom stereocenters. The molecule has 1 aliphatic heterocycles. The maximum absolute atomic E-state index is 12.7. The Labute approximate surface area is 161 Å². The van der Waals surface area contributed by atoms with Crippen molar-refractivity contribution in [2.75, 3.05) is 19.6 Å². The van der Waals surface area contributed by atoms with E-state index < -0.39 is 34.4 Å². The molecule has 2 aliphatic rings. The number of hydrogen-bond acceptors (Lipinski definition) is 7. The van der Waals surface area contributed by atoms with E-state index in [1.165, 1.54) is 4.31 Å². The normalized spacial score (nSPS) is 28.7. The van der Waals surface area contributed by atoms with Crippen LogP contribution in [0.2, 0.25) is 6.32 Å². The van der Waals surface area contributed by atoms with Crippen LogP contribution in [-0.4, -0.2) is 72.6 Å². The molecule has 0 bridgehead atoms. The van der Waals surface area contributed by atoms with Gasteiger partial charge in [-0.3, -0.25) is 4.79 Å². The maximum atomic E-state index is 12.7. The first-order valence-electron chi connectivity index (χ1n) is 9.34. The van der Waals surface area contributed by atoms with Crippen molar-refractivity contribution in [2.24, 2.45) is 17.4 Å². The molecular weight excluding hydrogens is 373 g/mol. The van der Waals surface area contributed by atoms with Crippen molar-refractivity contribution in [3.05, 3.63) is 0 Å². The molecule has 1 saturated heterocycles. The van der Waals surface area contributed by atoms with Gasteiger partial charge in [0, 0.05) is 25.2 Å². The van der Waals surface area contributed by atoms with E-state index in [0.29, 0.717) is 25.7 Å². The van der Waals surface area contributed by atoms with Crippen LogP contribution in [0.4, 0.5) is 0 Å². The summed E-state index contributed by atoms with van der Waals surface area (Å²) >= 11 is 0. The Kier molecular flexibility index (Phi) is 6.94. The van der Waals surface area contributed by atoms with E-state index in [-0.39, 0.29) is 37.8 Å². The summed E-state index contributed by atoms with van der Waals surface area (Å²) in [6.45, 7) is 3.98. The lowest BCUT2D eigenvalue weighted by Crippen LogP contribution is -2.52. The average molecular weight is 405 g/mol. The van der Waals surface area contributed by atoms with Crippen LogP contribution >= 0.6 is 0 Å². The highest BCUT2D eigenvalue weighted by molar-refractivity contribution is 7.87. The second kappa shape index (κ2) is 8.32. The van der Waals surface area contributed by atoms with Crippen molar-refractivity contribution in [1.82, 2.24) is 14.3 Å². The first-order valence-corrected chi connectivity index (χ1v) is 10.8. The SMILES string of the molecule is C[C@H](N)C(=O)NC1(CNS(=O)(=O)N2C[C@H](CCCB(O)O)[C@@](C)(N)C2)CC1. The molecule has 0 aromatic rings. The zero-order valence-corrected chi connectivity index (χ0v) is 16.8. The van der Waals surface area contributed by atoms with E-state index in [2.05, 4.69) is 10.0 Å². The molecule has 12 heteroatoms. The largest absolute Gasteiger partial charge is 0.451 e. The van der Waals surface area contributed by atoms with Crippen molar-refractivity contribution >= 4 is 23.2 Å². The van der Waals surface area contributed by atoms with Crippen molar-refractivity contribution in [3.63, 3.8) is 0 Å². The standard InChI is InChI=1S/C15H32BN5O5S/c1-11(17)13(22)20-15(5-6-15)9-19-27(25,26)21-8-12(14(2,18)10-21)4-3-7-16(23)24/h11-12,19,23-24H,3-10,17-18H2,1-2H3,(H,20,22)/t11-,12-,14-/m0/s1. The highest BCUT2D eigenvalue weighted by atomic mass is 32.2. The first-order chi connectivity index (χ1) is 12.4. The van der Waals surface area contributed by atoms with Gasteiger partial charge in [0.25, 0.3) is 10.2 Å². The second-order valence-electron chi connectivity index (χ2n) is 8.29. The Morgan fingerprint density at radius 3 is 2.56 bits per heavy atom. The number of carbonyl (C=O) groups is 1. The third-order valence-electron chi connectivity index (χ3n) is 5.48. The monoisotopic (exact) mass is 405 g/mol. The molecule has 10 nitrogen and oxygen atoms in total. The number of amides is 1. The van der Waals surface area contributed by atoms with Gasteiger partial charge in [-0.1, -0.05) is 6.42 Å². The summed E-state index contributed by atoms with van der Waals surface area (Å²) in [5, 5.41) is 20.7. The first kappa shape index (κ1) is 22.5. The van der Waals surface area contributed by atoms with Gasteiger partial charge in [0.1, 0.15) is 0 Å². The molecule has 1 saturated carbocycles. The predicted molar refractivity (Wildman–Crippen MR) is 103 cm³/mol. The van der Waals surface area contributed by atoms with Crippen LogP contribution in [0.1, 0.15) is 39.5 Å². The van der Waals surface area contributed by atoms with E-state index in [1.807, 2.05) is 6.92 Å². The lowest BCUT2D eigenvalue weighted by atomic mass is 9.79. The van der Waals surface area contributed by atoms with Gasteiger partial charge in [-0.25, -0.2) is 0 Å². The van der Waals surface area contributed by atoms with E-state index in [4.69, 9.17) is 21.5 Å². The molecule has 2 fully saturated rings. The lowest BCUT2D eigenvalue weighted by Gasteiger charge is -2.25. The highest BCUT2D eigenvalue weighted by Crippen LogP contribution is 2.35. The smallest absolute Gasteiger partial charge is 0.427 e. The summed E-state index contributed by atoms with van der Waals surface area (Å²) in [7, 11) is -5.10. The van der Waals surface area contributed by atoms with Gasteiger partial charge in [-0.2, -0.15) is 17.4 Å². The van der Waals surface area contributed by atoms with Crippen LogP contribution in [0.3, 0.4) is 0 Å². The Balaban J connectivity index is 1.90. The molecule has 1 heterocycles. The Bertz CT molecular complexity index is 639. The molecular formula is C15H32BN5O5S. The minimum absolute atomic E-state index is 0.0690. The van der Waals surface area contributed by atoms with Gasteiger partial charge < -0.3 is 26.8 Å². The molecule has 1 aliphatic carbocycles. The Hall–Kier alpha value is -0.755. The molecule has 0 spiro atoms. The van der Waals surface area contributed by atoms with Gasteiger partial charge in [0.2, 0.25) is 5.91 Å². The van der Waals surface area contributed by atoms with Crippen LogP contribution < -0.4 is 21.5 Å². The van der Waals surface area contributed by atoms with Crippen LogP contribution in [-0.2, 0) is 15.0 Å². The minimum atomic E-state index is -3.73. The van der Waals surface area contributed by atoms with E-state index in [0.717, 1.165) is 0 Å². The molecule has 0 radical (unpaired) electrons. The van der Waals surface area contributed by atoms with Crippen molar-refractivity contribution in [3.8, 4) is 0 Å². The fraction of sp³-hybridized carbons (Fsp3) is 0.933. The van der Waals surface area contributed by atoms with Gasteiger partial charge in [0.05, 0.1) is 11.6 Å². The average Bonchev–Trinajstić information content (AvgIpc) is 3.23. The van der Waals surface area contributed by atoms with Crippen molar-refractivity contribution in [2.45, 2.75) is 63.0 Å². The number of carbonyl (C=O) groups excluding carboxylic acids is 1. The summed E-state index contributed by atoms with van der Waals surface area (Å²) in [6.07, 6.45) is 2.82. The zero-order valence-electron chi connectivity index (χ0n) is 16.0. The summed E-state index contributed by atoms with van der Waals surface area (Å²) < 4.78 is 29.3. The van der Waals surface area contributed by atoms with Crippen LogP contribution in [0.25, 0.3) is 0 Å². The van der Waals surface area contributed by atoms with Crippen molar-refractivity contribution in [1.29, 1.82) is 0 Å². The van der Waals surface area contributed by atoms with Gasteiger partial charge >= 0.3 is 7.12 Å². The fourth-order valence-corrected chi connectivity index (χ4v) is 4.84. The molecule has 2 rings (SSSR count). The molecule has 0 unspecified atom stereocenters. The molecule has 1 amide bonds. The fourth-order valence-electron chi connectivity index (χ4n) is 3.37. The van der Waals surface area contributed by atoms with Crippen molar-refractivity contribution < 1.29 is 23.3 Å². The topological polar surface area (TPSA) is 171 Å². The summed E-state index contributed by atoms with van der Waals surface area (Å²) in [6, 6.07) is -0.645. The van der Waals surface area contributed by atoms with E-state index >= 15 is 0 Å². The van der Waals surface area contributed by atoms with Gasteiger partial charge in [-0.15, -0.1) is 0 Å². The van der Waals surface area contributed by atoms with Crippen LogP contribution in [0, 0.1) is 5.92 Å². The number of hydrogen-bond donors (Lipinski definition) is 6. The Morgan fingerprint density at radius 2 is 2.04 bits per heavy atom. The quantitative estimate of drug-likeness (QED) is 0.222. The lowest BCUT2D eigenvalue weighted by molar-refractivity contribution is -0.122. The predicted octanol–water partition coefficient (Wildman–Crippen LogP) is -2.28. The number of nitrogens with one attached hydrogen (secondary N) is 2. The van der Waals surface area contributed by atoms with E-state index in [1.54, 1.807) is 6.92 Å². The molecule has 0 aromatic carbocycles. The number of nitrogens with two attached hydrogens (primary N) is 2. The number of rotatable bonds is 10. The zero-order chi connectivity index (χ0) is 20.5. The highest BCUT2D eigenvalue weighted by Gasteiger charge is 2.47. The minimum Gasteiger partial charge on any atom is -0.427 e. The van der Waals surface area contributed by atoms with Gasteiger partial charge in [0.15, 0.2) is 0 Å². The summed E-state index contributed by atoms with van der Waals surface area (Å²) in [5.41, 5.74) is 10.6. The molecule has 8 N–H and O–H groups in total. The van der Waals surface area contributed by atoms with E-state index in [9.17, 15) is 13.2 Å². The second-order valence-corrected chi connectivity index (χ2v) is 10.0. The molecule has 0 aromatic heterocycles. The third-order valence-corrected chi connectivity index (χ3v) is 6.94. The molecule has 27 heavy (non-hydrogen) atoms. The number of nitrogens with zero attached hydrogens (tertiary/aromatic N) is 1. The summed E-state index contributed by atoms with van der Waals surface area (Å²) in [4.78, 5) is 11.8. The van der Waals surface area contributed by atoms with Gasteiger partial charge in [-0.05, 0) is 45.3 Å². The third kappa shape index (κ3) is 6.11. The Morgan fingerprint density at radius 1 is 1.41 bits per heavy atom. The summed E-state index contributed by atoms with van der Waals surface area (Å²) in [5.74, 6) is -0.367. The van der Waals surface area contributed by atoms with Crippen LogP contribution in [0.15, 0.2) is 0 Å². The molecule has 156 valence electrons. The van der Waals surface area contributed by atoms with Crippen LogP contribution in [0.5, 0.6) is 0 Å². The maximum Gasteiger partial charge on any atom is 0.451 e.